The zero-order chi connectivity index (χ0) is 21.5. The third kappa shape index (κ3) is 3.66. The Morgan fingerprint density at radius 3 is 2.53 bits per heavy atom. The minimum atomic E-state index is -3.55. The molecule has 1 aromatic heterocycles. The largest absolute Gasteiger partial charge is 0.324 e. The first kappa shape index (κ1) is 20.0. The Balaban J connectivity index is 1.46. The van der Waals surface area contributed by atoms with E-state index in [2.05, 4.69) is 15.3 Å². The fourth-order valence-electron chi connectivity index (χ4n) is 3.37. The van der Waals surface area contributed by atoms with Crippen LogP contribution in [0.4, 0.5) is 11.6 Å². The van der Waals surface area contributed by atoms with Gasteiger partial charge < -0.3 is 9.88 Å². The van der Waals surface area contributed by atoms with Crippen LogP contribution in [0.2, 0.25) is 0 Å². The van der Waals surface area contributed by atoms with E-state index in [9.17, 15) is 18.0 Å². The SMILES string of the molecule is CN(C)S(=O)(=O)c1ccc(N2C[C@H](C(=O)Nc3nc4ccccc4[nH]3)CC2=O)cc1. The number of fused-ring (bicyclic) bond motifs is 1. The van der Waals surface area contributed by atoms with E-state index in [0.29, 0.717) is 11.6 Å². The molecule has 0 unspecified atom stereocenters. The van der Waals surface area contributed by atoms with Crippen LogP contribution in [0.25, 0.3) is 11.0 Å². The molecule has 10 heteroatoms. The van der Waals surface area contributed by atoms with Crippen LogP contribution in [0.3, 0.4) is 0 Å². The van der Waals surface area contributed by atoms with Crippen molar-refractivity contribution in [2.75, 3.05) is 30.9 Å². The number of imidazole rings is 1. The predicted molar refractivity (Wildman–Crippen MR) is 112 cm³/mol. The molecule has 1 saturated heterocycles. The first-order valence-corrected chi connectivity index (χ1v) is 10.8. The summed E-state index contributed by atoms with van der Waals surface area (Å²) in [5.74, 6) is -0.680. The molecule has 2 heterocycles. The average molecular weight is 427 g/mol. The van der Waals surface area contributed by atoms with Gasteiger partial charge in [0.05, 0.1) is 21.8 Å². The standard InChI is InChI=1S/C20H21N5O4S/c1-24(2)30(28,29)15-9-7-14(8-10-15)25-12-13(11-18(25)26)19(27)23-20-21-16-5-3-4-6-17(16)22-20/h3-10,13H,11-12H2,1-2H3,(H2,21,22,23,27)/t13-/m1/s1. The minimum absolute atomic E-state index is 0.0732. The van der Waals surface area contributed by atoms with Crippen molar-refractivity contribution in [1.29, 1.82) is 0 Å². The molecule has 1 atom stereocenters. The van der Waals surface area contributed by atoms with Gasteiger partial charge in [0.1, 0.15) is 0 Å². The van der Waals surface area contributed by atoms with E-state index in [1.54, 1.807) is 12.1 Å². The molecule has 9 nitrogen and oxygen atoms in total. The number of para-hydroxylation sites is 2. The van der Waals surface area contributed by atoms with Crippen molar-refractivity contribution >= 4 is 44.5 Å². The quantitative estimate of drug-likeness (QED) is 0.644. The molecule has 1 fully saturated rings. The number of sulfonamides is 1. The normalized spacial score (nSPS) is 17.1. The Labute approximate surface area is 173 Å². The second kappa shape index (κ2) is 7.54. The summed E-state index contributed by atoms with van der Waals surface area (Å²) in [5, 5.41) is 2.74. The van der Waals surface area contributed by atoms with Gasteiger partial charge in [0.25, 0.3) is 0 Å². The molecule has 1 aliphatic heterocycles. The number of aromatic amines is 1. The Kier molecular flexibility index (Phi) is 5.04. The number of carbonyl (C=O) groups excluding carboxylic acids is 2. The van der Waals surface area contributed by atoms with Crippen molar-refractivity contribution < 1.29 is 18.0 Å². The first-order valence-electron chi connectivity index (χ1n) is 9.34. The fraction of sp³-hybridized carbons (Fsp3) is 0.250. The van der Waals surface area contributed by atoms with Crippen molar-refractivity contribution in [1.82, 2.24) is 14.3 Å². The third-order valence-electron chi connectivity index (χ3n) is 5.05. The highest BCUT2D eigenvalue weighted by Crippen LogP contribution is 2.27. The second-order valence-electron chi connectivity index (χ2n) is 7.28. The number of anilines is 2. The molecule has 2 aromatic carbocycles. The molecule has 156 valence electrons. The molecule has 2 amide bonds. The predicted octanol–water partition coefficient (Wildman–Crippen LogP) is 1.80. The number of nitrogens with one attached hydrogen (secondary N) is 2. The maximum Gasteiger partial charge on any atom is 0.242 e. The van der Waals surface area contributed by atoms with Crippen molar-refractivity contribution in [2.45, 2.75) is 11.3 Å². The molecular formula is C20H21N5O4S. The van der Waals surface area contributed by atoms with Gasteiger partial charge >= 0.3 is 0 Å². The first-order chi connectivity index (χ1) is 14.3. The van der Waals surface area contributed by atoms with Crippen LogP contribution in [0, 0.1) is 5.92 Å². The van der Waals surface area contributed by atoms with Crippen molar-refractivity contribution in [3.63, 3.8) is 0 Å². The van der Waals surface area contributed by atoms with Crippen molar-refractivity contribution in [3.8, 4) is 0 Å². The number of rotatable bonds is 5. The lowest BCUT2D eigenvalue weighted by Gasteiger charge is -2.18. The van der Waals surface area contributed by atoms with Gasteiger partial charge in [-0.25, -0.2) is 17.7 Å². The van der Waals surface area contributed by atoms with Gasteiger partial charge in [-0.1, -0.05) is 12.1 Å². The lowest BCUT2D eigenvalue weighted by atomic mass is 10.1. The molecule has 30 heavy (non-hydrogen) atoms. The Hall–Kier alpha value is -3.24. The van der Waals surface area contributed by atoms with Crippen LogP contribution in [0.15, 0.2) is 53.4 Å². The summed E-state index contributed by atoms with van der Waals surface area (Å²) >= 11 is 0. The zero-order valence-electron chi connectivity index (χ0n) is 16.5. The van der Waals surface area contributed by atoms with E-state index in [1.807, 2.05) is 24.3 Å². The Morgan fingerprint density at radius 1 is 1.17 bits per heavy atom. The molecule has 2 N–H and O–H groups in total. The number of hydrogen-bond acceptors (Lipinski definition) is 5. The van der Waals surface area contributed by atoms with Crippen LogP contribution >= 0.6 is 0 Å². The molecular weight excluding hydrogens is 406 g/mol. The monoisotopic (exact) mass is 427 g/mol. The van der Waals surface area contributed by atoms with Crippen LogP contribution in [0.1, 0.15) is 6.42 Å². The van der Waals surface area contributed by atoms with Crippen molar-refractivity contribution in [2.24, 2.45) is 5.92 Å². The lowest BCUT2D eigenvalue weighted by molar-refractivity contribution is -0.122. The summed E-state index contributed by atoms with van der Waals surface area (Å²) in [7, 11) is -0.632. The lowest BCUT2D eigenvalue weighted by Crippen LogP contribution is -2.28. The van der Waals surface area contributed by atoms with Crippen LogP contribution in [0.5, 0.6) is 0 Å². The summed E-state index contributed by atoms with van der Waals surface area (Å²) in [6.07, 6.45) is 0.0732. The molecule has 0 spiro atoms. The maximum atomic E-state index is 12.6. The summed E-state index contributed by atoms with van der Waals surface area (Å²) in [6, 6.07) is 13.5. The zero-order valence-corrected chi connectivity index (χ0v) is 17.3. The molecule has 0 bridgehead atoms. The van der Waals surface area contributed by atoms with E-state index in [1.165, 1.54) is 31.1 Å². The number of carbonyl (C=O) groups is 2. The number of benzene rings is 2. The van der Waals surface area contributed by atoms with E-state index in [-0.39, 0.29) is 29.7 Å². The summed E-state index contributed by atoms with van der Waals surface area (Å²) in [4.78, 5) is 34.1. The number of H-pyrrole nitrogens is 1. The summed E-state index contributed by atoms with van der Waals surface area (Å²) in [5.41, 5.74) is 2.10. The third-order valence-corrected chi connectivity index (χ3v) is 6.88. The van der Waals surface area contributed by atoms with E-state index < -0.39 is 15.9 Å². The fourth-order valence-corrected chi connectivity index (χ4v) is 4.27. The van der Waals surface area contributed by atoms with Gasteiger partial charge in [0, 0.05) is 32.7 Å². The second-order valence-corrected chi connectivity index (χ2v) is 9.43. The van der Waals surface area contributed by atoms with Crippen molar-refractivity contribution in [3.05, 3.63) is 48.5 Å². The Bertz CT molecular complexity index is 1180. The number of hydrogen-bond donors (Lipinski definition) is 2. The number of aromatic nitrogens is 2. The van der Waals surface area contributed by atoms with Gasteiger partial charge in [0.2, 0.25) is 27.8 Å². The number of amides is 2. The Morgan fingerprint density at radius 2 is 1.87 bits per heavy atom. The molecule has 0 saturated carbocycles. The van der Waals surface area contributed by atoms with E-state index in [4.69, 9.17) is 0 Å². The highest BCUT2D eigenvalue weighted by atomic mass is 32.2. The highest BCUT2D eigenvalue weighted by Gasteiger charge is 2.35. The summed E-state index contributed by atoms with van der Waals surface area (Å²) in [6.45, 7) is 0.213. The minimum Gasteiger partial charge on any atom is -0.324 e. The average Bonchev–Trinajstić information content (AvgIpc) is 3.30. The highest BCUT2D eigenvalue weighted by molar-refractivity contribution is 7.89. The topological polar surface area (TPSA) is 115 Å². The number of nitrogens with zero attached hydrogens (tertiary/aromatic N) is 3. The maximum absolute atomic E-state index is 12.6. The van der Waals surface area contributed by atoms with Gasteiger partial charge in [0.15, 0.2) is 0 Å². The van der Waals surface area contributed by atoms with Crippen LogP contribution in [-0.2, 0) is 19.6 Å². The van der Waals surface area contributed by atoms with E-state index in [0.717, 1.165) is 15.3 Å². The van der Waals surface area contributed by atoms with Crippen LogP contribution < -0.4 is 10.2 Å². The van der Waals surface area contributed by atoms with Gasteiger partial charge in [-0.2, -0.15) is 0 Å². The van der Waals surface area contributed by atoms with Gasteiger partial charge in [-0.15, -0.1) is 0 Å². The molecule has 0 aliphatic carbocycles. The van der Waals surface area contributed by atoms with Gasteiger partial charge in [-0.05, 0) is 36.4 Å². The molecule has 3 aromatic rings. The smallest absolute Gasteiger partial charge is 0.242 e. The van der Waals surface area contributed by atoms with Gasteiger partial charge in [-0.3, -0.25) is 14.9 Å². The van der Waals surface area contributed by atoms with Crippen LogP contribution in [-0.4, -0.2) is 55.1 Å². The van der Waals surface area contributed by atoms with E-state index >= 15 is 0 Å². The molecule has 1 aliphatic rings. The molecule has 0 radical (unpaired) electrons. The summed E-state index contributed by atoms with van der Waals surface area (Å²) < 4.78 is 25.5. The molecule has 4 rings (SSSR count).